The first-order chi connectivity index (χ1) is 8.72. The molecule has 1 saturated heterocycles. The van der Waals surface area contributed by atoms with Gasteiger partial charge in [-0.05, 0) is 18.4 Å². The third-order valence-electron chi connectivity index (χ3n) is 2.85. The van der Waals surface area contributed by atoms with E-state index in [1.807, 2.05) is 23.5 Å². The van der Waals surface area contributed by atoms with E-state index < -0.39 is 0 Å². The predicted octanol–water partition coefficient (Wildman–Crippen LogP) is 2.73. The highest BCUT2D eigenvalue weighted by Crippen LogP contribution is 2.41. The van der Waals surface area contributed by atoms with E-state index >= 15 is 0 Å². The molecule has 0 aliphatic carbocycles. The molecule has 0 aromatic carbocycles. The lowest BCUT2D eigenvalue weighted by Crippen LogP contribution is -2.17. The van der Waals surface area contributed by atoms with Gasteiger partial charge in [0, 0.05) is 16.8 Å². The van der Waals surface area contributed by atoms with Crippen molar-refractivity contribution < 1.29 is 4.52 Å². The maximum Gasteiger partial charge on any atom is 0.243 e. The number of nitrogens with zero attached hydrogens (tertiary/aromatic N) is 2. The summed E-state index contributed by atoms with van der Waals surface area (Å²) in [4.78, 5) is 4.49. The number of hydrogen-bond donors (Lipinski definition) is 1. The Morgan fingerprint density at radius 1 is 1.50 bits per heavy atom. The number of nitrogens with two attached hydrogens (primary N) is 1. The number of hydrogen-bond acceptors (Lipinski definition) is 7. The SMILES string of the molecule is CSCCC(N)c1nc(C2SCCSC2C)no1. The smallest absolute Gasteiger partial charge is 0.243 e. The normalized spacial score (nSPS) is 26.2. The Kier molecular flexibility index (Phi) is 5.72. The predicted molar refractivity (Wildman–Crippen MR) is 81.3 cm³/mol. The van der Waals surface area contributed by atoms with E-state index in [0.29, 0.717) is 16.4 Å². The van der Waals surface area contributed by atoms with Gasteiger partial charge in [-0.1, -0.05) is 12.1 Å². The van der Waals surface area contributed by atoms with Crippen LogP contribution < -0.4 is 5.73 Å². The minimum absolute atomic E-state index is 0.129. The number of thioether (sulfide) groups is 3. The van der Waals surface area contributed by atoms with Crippen LogP contribution in [0.3, 0.4) is 0 Å². The van der Waals surface area contributed by atoms with E-state index in [1.165, 1.54) is 5.75 Å². The van der Waals surface area contributed by atoms with Gasteiger partial charge in [-0.25, -0.2) is 0 Å². The van der Waals surface area contributed by atoms with Crippen LogP contribution in [0.15, 0.2) is 4.52 Å². The molecular weight excluding hydrogens is 286 g/mol. The molecule has 18 heavy (non-hydrogen) atoms. The molecule has 0 saturated carbocycles. The summed E-state index contributed by atoms with van der Waals surface area (Å²) in [5.74, 6) is 4.78. The first-order valence-electron chi connectivity index (χ1n) is 6.03. The molecule has 3 atom stereocenters. The largest absolute Gasteiger partial charge is 0.338 e. The zero-order valence-electron chi connectivity index (χ0n) is 10.7. The second-order valence-electron chi connectivity index (χ2n) is 4.25. The van der Waals surface area contributed by atoms with E-state index in [0.717, 1.165) is 23.8 Å². The summed E-state index contributed by atoms with van der Waals surface area (Å²) in [6.45, 7) is 2.23. The Labute approximate surface area is 121 Å². The Morgan fingerprint density at radius 2 is 2.28 bits per heavy atom. The van der Waals surface area contributed by atoms with E-state index in [9.17, 15) is 0 Å². The lowest BCUT2D eigenvalue weighted by atomic mass is 10.2. The molecule has 0 bridgehead atoms. The van der Waals surface area contributed by atoms with Crippen LogP contribution in [0.4, 0.5) is 0 Å². The maximum absolute atomic E-state index is 6.04. The Balaban J connectivity index is 2.00. The average molecular weight is 305 g/mol. The van der Waals surface area contributed by atoms with E-state index in [4.69, 9.17) is 10.3 Å². The van der Waals surface area contributed by atoms with Crippen LogP contribution in [0, 0.1) is 0 Å². The molecule has 102 valence electrons. The standard InChI is InChI=1S/C11H19N3OS3/c1-7-9(18-6-5-17-7)10-13-11(15-14-10)8(12)3-4-16-2/h7-9H,3-6,12H2,1-2H3. The van der Waals surface area contributed by atoms with Crippen molar-refractivity contribution in [3.8, 4) is 0 Å². The highest BCUT2D eigenvalue weighted by atomic mass is 32.2. The molecule has 0 radical (unpaired) electrons. The Bertz CT molecular complexity index is 374. The summed E-state index contributed by atoms with van der Waals surface area (Å²) in [7, 11) is 0. The van der Waals surface area contributed by atoms with E-state index in [-0.39, 0.29) is 6.04 Å². The molecular formula is C11H19N3OS3. The molecule has 1 aliphatic rings. The third kappa shape index (κ3) is 3.59. The second-order valence-corrected chi connectivity index (χ2v) is 7.97. The van der Waals surface area contributed by atoms with Crippen molar-refractivity contribution in [2.45, 2.75) is 29.9 Å². The van der Waals surface area contributed by atoms with Gasteiger partial charge >= 0.3 is 0 Å². The monoisotopic (exact) mass is 305 g/mol. The van der Waals surface area contributed by atoms with Crippen molar-refractivity contribution in [1.29, 1.82) is 0 Å². The van der Waals surface area contributed by atoms with Gasteiger partial charge in [0.2, 0.25) is 5.89 Å². The lowest BCUT2D eigenvalue weighted by Gasteiger charge is -2.24. The molecule has 7 heteroatoms. The van der Waals surface area contributed by atoms with Gasteiger partial charge in [0.15, 0.2) is 5.82 Å². The molecule has 3 unspecified atom stereocenters. The van der Waals surface area contributed by atoms with Gasteiger partial charge in [0.05, 0.1) is 11.3 Å². The van der Waals surface area contributed by atoms with Crippen molar-refractivity contribution in [3.63, 3.8) is 0 Å². The highest BCUT2D eigenvalue weighted by molar-refractivity contribution is 8.06. The van der Waals surface area contributed by atoms with Gasteiger partial charge in [-0.2, -0.15) is 28.5 Å². The van der Waals surface area contributed by atoms with E-state index in [1.54, 1.807) is 11.8 Å². The molecule has 1 aromatic rings. The van der Waals surface area contributed by atoms with Gasteiger partial charge in [0.25, 0.3) is 0 Å². The van der Waals surface area contributed by atoms with Gasteiger partial charge in [0.1, 0.15) is 0 Å². The van der Waals surface area contributed by atoms with Crippen LogP contribution in [-0.4, -0.2) is 38.9 Å². The van der Waals surface area contributed by atoms with Crippen molar-refractivity contribution in [3.05, 3.63) is 11.7 Å². The zero-order valence-corrected chi connectivity index (χ0v) is 13.1. The summed E-state index contributed by atoms with van der Waals surface area (Å²) < 4.78 is 5.31. The summed E-state index contributed by atoms with van der Waals surface area (Å²) in [6.07, 6.45) is 2.95. The fraction of sp³-hybridized carbons (Fsp3) is 0.818. The van der Waals surface area contributed by atoms with Crippen molar-refractivity contribution in [2.24, 2.45) is 5.73 Å². The quantitative estimate of drug-likeness (QED) is 0.897. The highest BCUT2D eigenvalue weighted by Gasteiger charge is 2.29. The van der Waals surface area contributed by atoms with Crippen LogP contribution in [0.5, 0.6) is 0 Å². The first-order valence-corrected chi connectivity index (χ1v) is 9.52. The first kappa shape index (κ1) is 14.6. The summed E-state index contributed by atoms with van der Waals surface area (Å²) in [5, 5.41) is 4.99. The molecule has 2 heterocycles. The fourth-order valence-corrected chi connectivity index (χ4v) is 4.97. The number of aromatic nitrogens is 2. The van der Waals surface area contributed by atoms with Crippen molar-refractivity contribution in [1.82, 2.24) is 10.1 Å². The third-order valence-corrected chi connectivity index (χ3v) is 6.58. The van der Waals surface area contributed by atoms with Crippen LogP contribution in [0.25, 0.3) is 0 Å². The molecule has 2 N–H and O–H groups in total. The Morgan fingerprint density at radius 3 is 3.00 bits per heavy atom. The Hall–Kier alpha value is 0.150. The number of rotatable bonds is 5. The topological polar surface area (TPSA) is 64.9 Å². The van der Waals surface area contributed by atoms with Crippen LogP contribution in [0.2, 0.25) is 0 Å². The minimum atomic E-state index is -0.129. The molecule has 1 aliphatic heterocycles. The minimum Gasteiger partial charge on any atom is -0.338 e. The van der Waals surface area contributed by atoms with Crippen LogP contribution in [0.1, 0.15) is 36.4 Å². The van der Waals surface area contributed by atoms with E-state index in [2.05, 4.69) is 23.3 Å². The second kappa shape index (κ2) is 7.07. The van der Waals surface area contributed by atoms with Crippen LogP contribution in [-0.2, 0) is 0 Å². The van der Waals surface area contributed by atoms with Gasteiger partial charge < -0.3 is 10.3 Å². The van der Waals surface area contributed by atoms with Crippen molar-refractivity contribution >= 4 is 35.3 Å². The van der Waals surface area contributed by atoms with Crippen molar-refractivity contribution in [2.75, 3.05) is 23.5 Å². The molecule has 4 nitrogen and oxygen atoms in total. The molecule has 2 rings (SSSR count). The average Bonchev–Trinajstić information content (AvgIpc) is 2.86. The molecule has 0 spiro atoms. The molecule has 0 amide bonds. The maximum atomic E-state index is 6.04. The summed E-state index contributed by atoms with van der Waals surface area (Å²) in [6, 6.07) is -0.129. The lowest BCUT2D eigenvalue weighted by molar-refractivity contribution is 0.348. The molecule has 1 fully saturated rings. The van der Waals surface area contributed by atoms with Gasteiger partial charge in [-0.15, -0.1) is 11.8 Å². The molecule has 1 aromatic heterocycles. The van der Waals surface area contributed by atoms with Gasteiger partial charge in [-0.3, -0.25) is 0 Å². The fourth-order valence-electron chi connectivity index (χ4n) is 1.80. The van der Waals surface area contributed by atoms with Crippen LogP contribution >= 0.6 is 35.3 Å². The summed E-state index contributed by atoms with van der Waals surface area (Å²) in [5.41, 5.74) is 6.04. The zero-order chi connectivity index (χ0) is 13.0. The summed E-state index contributed by atoms with van der Waals surface area (Å²) >= 11 is 5.67.